The molecule has 0 aliphatic carbocycles. The molecule has 0 spiro atoms. The average molecular weight is 371 g/mol. The van der Waals surface area contributed by atoms with Crippen molar-refractivity contribution in [2.24, 2.45) is 0 Å². The number of rotatable bonds is 5. The van der Waals surface area contributed by atoms with Gasteiger partial charge in [0.05, 0.1) is 0 Å². The van der Waals surface area contributed by atoms with Crippen LogP contribution in [0.25, 0.3) is 0 Å². The van der Waals surface area contributed by atoms with Crippen molar-refractivity contribution in [3.63, 3.8) is 0 Å². The second-order valence-electron chi connectivity index (χ2n) is 5.05. The third kappa shape index (κ3) is 4.29. The molecule has 1 atom stereocenters. The van der Waals surface area contributed by atoms with Crippen molar-refractivity contribution in [2.45, 2.75) is 26.3 Å². The SMILES string of the molecule is CCNC(Cc1cc(F)ccc1Cl)c1cc(Br)ccc1C. The fourth-order valence-electron chi connectivity index (χ4n) is 2.44. The van der Waals surface area contributed by atoms with E-state index < -0.39 is 0 Å². The summed E-state index contributed by atoms with van der Waals surface area (Å²) < 4.78 is 14.5. The van der Waals surface area contributed by atoms with Gasteiger partial charge in [0.1, 0.15) is 5.82 Å². The molecule has 1 N–H and O–H groups in total. The van der Waals surface area contributed by atoms with Gasteiger partial charge < -0.3 is 5.32 Å². The zero-order valence-corrected chi connectivity index (χ0v) is 14.4. The maximum absolute atomic E-state index is 13.4. The number of benzene rings is 2. The van der Waals surface area contributed by atoms with Crippen LogP contribution in [0.4, 0.5) is 4.39 Å². The second-order valence-corrected chi connectivity index (χ2v) is 6.37. The van der Waals surface area contributed by atoms with Gasteiger partial charge in [-0.25, -0.2) is 4.39 Å². The van der Waals surface area contributed by atoms with Crippen LogP contribution in [0.3, 0.4) is 0 Å². The fourth-order valence-corrected chi connectivity index (χ4v) is 3.02. The number of aryl methyl sites for hydroxylation is 1. The van der Waals surface area contributed by atoms with E-state index in [4.69, 9.17) is 11.6 Å². The minimum absolute atomic E-state index is 0.104. The molecular weight excluding hydrogens is 353 g/mol. The van der Waals surface area contributed by atoms with E-state index in [9.17, 15) is 4.39 Å². The van der Waals surface area contributed by atoms with Crippen LogP contribution in [0, 0.1) is 12.7 Å². The molecule has 0 amide bonds. The van der Waals surface area contributed by atoms with E-state index in [1.807, 2.05) is 6.07 Å². The summed E-state index contributed by atoms with van der Waals surface area (Å²) in [4.78, 5) is 0. The molecule has 0 saturated carbocycles. The monoisotopic (exact) mass is 369 g/mol. The molecule has 112 valence electrons. The van der Waals surface area contributed by atoms with Gasteiger partial charge in [-0.3, -0.25) is 0 Å². The molecule has 2 rings (SSSR count). The van der Waals surface area contributed by atoms with E-state index in [0.29, 0.717) is 11.4 Å². The van der Waals surface area contributed by atoms with E-state index in [1.54, 1.807) is 6.07 Å². The van der Waals surface area contributed by atoms with Crippen molar-refractivity contribution in [3.05, 3.63) is 68.4 Å². The Bertz CT molecular complexity index is 630. The Balaban J connectivity index is 2.35. The fraction of sp³-hybridized carbons (Fsp3) is 0.294. The molecule has 0 aliphatic rings. The molecule has 0 aliphatic heterocycles. The average Bonchev–Trinajstić information content (AvgIpc) is 2.45. The van der Waals surface area contributed by atoms with Crippen LogP contribution >= 0.6 is 27.5 Å². The largest absolute Gasteiger partial charge is 0.310 e. The van der Waals surface area contributed by atoms with Crippen molar-refractivity contribution in [2.75, 3.05) is 6.54 Å². The summed E-state index contributed by atoms with van der Waals surface area (Å²) >= 11 is 9.71. The van der Waals surface area contributed by atoms with E-state index in [1.165, 1.54) is 23.3 Å². The number of hydrogen-bond acceptors (Lipinski definition) is 1. The molecule has 21 heavy (non-hydrogen) atoms. The molecular formula is C17H18BrClFN. The highest BCUT2D eigenvalue weighted by Gasteiger charge is 2.16. The summed E-state index contributed by atoms with van der Waals surface area (Å²) in [6, 6.07) is 10.8. The van der Waals surface area contributed by atoms with E-state index in [0.717, 1.165) is 16.6 Å². The number of nitrogens with one attached hydrogen (secondary N) is 1. The highest BCUT2D eigenvalue weighted by atomic mass is 79.9. The molecule has 2 aromatic rings. The van der Waals surface area contributed by atoms with Crippen molar-refractivity contribution >= 4 is 27.5 Å². The van der Waals surface area contributed by atoms with Crippen molar-refractivity contribution in [1.29, 1.82) is 0 Å². The van der Waals surface area contributed by atoms with Crippen molar-refractivity contribution in [3.8, 4) is 0 Å². The Hall–Kier alpha value is -0.900. The third-order valence-corrected chi connectivity index (χ3v) is 4.36. The summed E-state index contributed by atoms with van der Waals surface area (Å²) in [6.45, 7) is 4.98. The molecule has 0 fully saturated rings. The Kier molecular flexibility index (Phi) is 5.80. The van der Waals surface area contributed by atoms with Crippen LogP contribution in [-0.2, 0) is 6.42 Å². The van der Waals surface area contributed by atoms with E-state index in [2.05, 4.69) is 47.2 Å². The summed E-state index contributed by atoms with van der Waals surface area (Å²) in [5, 5.41) is 4.06. The van der Waals surface area contributed by atoms with Crippen LogP contribution in [-0.4, -0.2) is 6.54 Å². The number of halogens is 3. The minimum Gasteiger partial charge on any atom is -0.310 e. The van der Waals surface area contributed by atoms with Crippen LogP contribution < -0.4 is 5.32 Å². The quantitative estimate of drug-likeness (QED) is 0.738. The van der Waals surface area contributed by atoms with Gasteiger partial charge in [-0.15, -0.1) is 0 Å². The highest BCUT2D eigenvalue weighted by Crippen LogP contribution is 2.28. The first-order valence-electron chi connectivity index (χ1n) is 6.94. The Morgan fingerprint density at radius 1 is 1.24 bits per heavy atom. The Morgan fingerprint density at radius 2 is 2.00 bits per heavy atom. The smallest absolute Gasteiger partial charge is 0.123 e. The normalized spacial score (nSPS) is 12.4. The standard InChI is InChI=1S/C17H18BrClFN/c1-3-21-17(15-10-13(18)5-4-11(15)2)9-12-8-14(20)6-7-16(12)19/h4-8,10,17,21H,3,9H2,1-2H3. The van der Waals surface area contributed by atoms with E-state index >= 15 is 0 Å². The van der Waals surface area contributed by atoms with Crippen LogP contribution in [0.15, 0.2) is 40.9 Å². The van der Waals surface area contributed by atoms with Gasteiger partial charge in [0.2, 0.25) is 0 Å². The molecule has 1 nitrogen and oxygen atoms in total. The molecule has 1 unspecified atom stereocenters. The molecule has 4 heteroatoms. The maximum Gasteiger partial charge on any atom is 0.123 e. The predicted octanol–water partition coefficient (Wildman–Crippen LogP) is 5.44. The summed E-state index contributed by atoms with van der Waals surface area (Å²) in [6.07, 6.45) is 0.654. The first-order valence-corrected chi connectivity index (χ1v) is 8.11. The molecule has 0 saturated heterocycles. The van der Waals surface area contributed by atoms with Gasteiger partial charge in [0.15, 0.2) is 0 Å². The van der Waals surface area contributed by atoms with Gasteiger partial charge >= 0.3 is 0 Å². The zero-order valence-electron chi connectivity index (χ0n) is 12.1. The lowest BCUT2D eigenvalue weighted by atomic mass is 9.95. The first kappa shape index (κ1) is 16.5. The lowest BCUT2D eigenvalue weighted by Crippen LogP contribution is -2.24. The van der Waals surface area contributed by atoms with E-state index in [-0.39, 0.29) is 11.9 Å². The van der Waals surface area contributed by atoms with Crippen LogP contribution in [0.2, 0.25) is 5.02 Å². The predicted molar refractivity (Wildman–Crippen MR) is 90.4 cm³/mol. The molecule has 0 aromatic heterocycles. The number of hydrogen-bond donors (Lipinski definition) is 1. The molecule has 0 radical (unpaired) electrons. The lowest BCUT2D eigenvalue weighted by molar-refractivity contribution is 0.544. The van der Waals surface area contributed by atoms with Gasteiger partial charge in [0, 0.05) is 15.5 Å². The Labute approximate surface area is 138 Å². The third-order valence-electron chi connectivity index (χ3n) is 3.50. The summed E-state index contributed by atoms with van der Waals surface area (Å²) in [7, 11) is 0. The molecule has 0 heterocycles. The van der Waals surface area contributed by atoms with Gasteiger partial charge in [0.25, 0.3) is 0 Å². The topological polar surface area (TPSA) is 12.0 Å². The maximum atomic E-state index is 13.4. The minimum atomic E-state index is -0.254. The van der Waals surface area contributed by atoms with Gasteiger partial charge in [-0.1, -0.05) is 40.5 Å². The summed E-state index contributed by atoms with van der Waals surface area (Å²) in [5.74, 6) is -0.254. The molecule has 0 bridgehead atoms. The van der Waals surface area contributed by atoms with Crippen molar-refractivity contribution in [1.82, 2.24) is 5.32 Å². The van der Waals surface area contributed by atoms with Gasteiger partial charge in [-0.05, 0) is 66.9 Å². The van der Waals surface area contributed by atoms with Crippen LogP contribution in [0.1, 0.15) is 29.7 Å². The first-order chi connectivity index (χ1) is 10.0. The zero-order chi connectivity index (χ0) is 15.4. The summed E-state index contributed by atoms with van der Waals surface area (Å²) in [5.41, 5.74) is 3.23. The van der Waals surface area contributed by atoms with Gasteiger partial charge in [-0.2, -0.15) is 0 Å². The van der Waals surface area contributed by atoms with Crippen LogP contribution in [0.5, 0.6) is 0 Å². The highest BCUT2D eigenvalue weighted by molar-refractivity contribution is 9.10. The second kappa shape index (κ2) is 7.39. The van der Waals surface area contributed by atoms with Crippen molar-refractivity contribution < 1.29 is 4.39 Å². The Morgan fingerprint density at radius 3 is 2.71 bits per heavy atom. The number of likely N-dealkylation sites (N-methyl/N-ethyl adjacent to an activating group) is 1. The lowest BCUT2D eigenvalue weighted by Gasteiger charge is -2.21. The molecule has 2 aromatic carbocycles.